The van der Waals surface area contributed by atoms with Crippen molar-refractivity contribution in [1.29, 1.82) is 0 Å². The van der Waals surface area contributed by atoms with E-state index in [4.69, 9.17) is 4.74 Å². The number of nitrogens with zero attached hydrogens (tertiary/aromatic N) is 3. The summed E-state index contributed by atoms with van der Waals surface area (Å²) in [5.41, 5.74) is 6.52. The third kappa shape index (κ3) is 3.50. The second kappa shape index (κ2) is 7.90. The highest BCUT2D eigenvalue weighted by atomic mass is 79.9. The number of fused-ring (bicyclic) bond motifs is 1. The SMILES string of the molecule is Cn1c(C(=O)NNC(=O)c2csc(N3CCOCC3)n2)c(Br)c2ccccc21. The van der Waals surface area contributed by atoms with E-state index in [1.165, 1.54) is 11.3 Å². The second-order valence-electron chi connectivity index (χ2n) is 6.26. The molecule has 4 rings (SSSR count). The summed E-state index contributed by atoms with van der Waals surface area (Å²) in [6.07, 6.45) is 0. The highest BCUT2D eigenvalue weighted by Crippen LogP contribution is 2.30. The number of halogens is 1. The summed E-state index contributed by atoms with van der Waals surface area (Å²) in [6, 6.07) is 7.67. The first kappa shape index (κ1) is 18.9. The van der Waals surface area contributed by atoms with Crippen LogP contribution in [0.1, 0.15) is 21.0 Å². The second-order valence-corrected chi connectivity index (χ2v) is 7.89. The van der Waals surface area contributed by atoms with Crippen LogP contribution in [0.5, 0.6) is 0 Å². The Bertz CT molecular complexity index is 1000. The zero-order valence-electron chi connectivity index (χ0n) is 15.1. The predicted molar refractivity (Wildman–Crippen MR) is 111 cm³/mol. The third-order valence-electron chi connectivity index (χ3n) is 4.56. The number of rotatable bonds is 3. The summed E-state index contributed by atoms with van der Waals surface area (Å²) in [4.78, 5) is 31.4. The van der Waals surface area contributed by atoms with E-state index in [0.29, 0.717) is 23.4 Å². The molecule has 1 saturated heterocycles. The first-order chi connectivity index (χ1) is 13.6. The molecule has 2 aromatic heterocycles. The van der Waals surface area contributed by atoms with E-state index in [2.05, 4.69) is 36.7 Å². The molecule has 0 bridgehead atoms. The lowest BCUT2D eigenvalue weighted by atomic mass is 10.2. The highest BCUT2D eigenvalue weighted by molar-refractivity contribution is 9.10. The van der Waals surface area contributed by atoms with Crippen LogP contribution in [-0.4, -0.2) is 47.7 Å². The van der Waals surface area contributed by atoms with Crippen molar-refractivity contribution >= 4 is 55.1 Å². The molecule has 0 spiro atoms. The zero-order valence-corrected chi connectivity index (χ0v) is 17.5. The largest absolute Gasteiger partial charge is 0.378 e. The maximum absolute atomic E-state index is 12.6. The maximum atomic E-state index is 12.6. The summed E-state index contributed by atoms with van der Waals surface area (Å²) < 4.78 is 7.79. The molecule has 2 amide bonds. The molecule has 3 heterocycles. The fourth-order valence-corrected chi connectivity index (χ4v) is 4.74. The van der Waals surface area contributed by atoms with Gasteiger partial charge in [-0.1, -0.05) is 18.2 Å². The zero-order chi connectivity index (χ0) is 19.7. The summed E-state index contributed by atoms with van der Waals surface area (Å²) >= 11 is 4.88. The van der Waals surface area contributed by atoms with Gasteiger partial charge in [0.15, 0.2) is 5.13 Å². The molecule has 1 fully saturated rings. The molecule has 0 atom stereocenters. The van der Waals surface area contributed by atoms with Gasteiger partial charge in [-0.25, -0.2) is 4.98 Å². The number of thiazole rings is 1. The molecule has 2 N–H and O–H groups in total. The van der Waals surface area contributed by atoms with Crippen LogP contribution in [0.4, 0.5) is 5.13 Å². The molecule has 0 saturated carbocycles. The van der Waals surface area contributed by atoms with Crippen molar-refractivity contribution in [2.24, 2.45) is 7.05 Å². The van der Waals surface area contributed by atoms with E-state index in [-0.39, 0.29) is 5.69 Å². The Hall–Kier alpha value is -2.43. The molecule has 28 heavy (non-hydrogen) atoms. The molecule has 10 heteroatoms. The Labute approximate surface area is 173 Å². The molecule has 1 aliphatic rings. The van der Waals surface area contributed by atoms with Crippen molar-refractivity contribution in [3.8, 4) is 0 Å². The van der Waals surface area contributed by atoms with Gasteiger partial charge in [0.05, 0.1) is 17.7 Å². The Morgan fingerprint density at radius 3 is 2.64 bits per heavy atom. The number of carbonyl (C=O) groups is 2. The van der Waals surface area contributed by atoms with Crippen molar-refractivity contribution in [2.45, 2.75) is 0 Å². The quantitative estimate of drug-likeness (QED) is 0.581. The van der Waals surface area contributed by atoms with Gasteiger partial charge in [0.2, 0.25) is 0 Å². The lowest BCUT2D eigenvalue weighted by molar-refractivity contribution is 0.0839. The summed E-state index contributed by atoms with van der Waals surface area (Å²) in [7, 11) is 1.80. The van der Waals surface area contributed by atoms with Gasteiger partial charge in [-0.05, 0) is 22.0 Å². The Kier molecular flexibility index (Phi) is 5.33. The molecule has 0 radical (unpaired) electrons. The van der Waals surface area contributed by atoms with Gasteiger partial charge >= 0.3 is 0 Å². The third-order valence-corrected chi connectivity index (χ3v) is 6.26. The number of para-hydroxylation sites is 1. The number of hydrogen-bond donors (Lipinski definition) is 2. The Morgan fingerprint density at radius 2 is 1.89 bits per heavy atom. The number of benzene rings is 1. The number of aryl methyl sites for hydroxylation is 1. The summed E-state index contributed by atoms with van der Waals surface area (Å²) in [6.45, 7) is 2.80. The molecule has 1 aromatic carbocycles. The Morgan fingerprint density at radius 1 is 1.18 bits per heavy atom. The molecule has 1 aliphatic heterocycles. The van der Waals surface area contributed by atoms with E-state index < -0.39 is 11.8 Å². The van der Waals surface area contributed by atoms with E-state index in [1.807, 2.05) is 24.3 Å². The maximum Gasteiger partial charge on any atom is 0.289 e. The number of ether oxygens (including phenoxy) is 1. The van der Waals surface area contributed by atoms with Crippen molar-refractivity contribution in [2.75, 3.05) is 31.2 Å². The molecular formula is C18H18BrN5O3S. The van der Waals surface area contributed by atoms with Gasteiger partial charge in [-0.15, -0.1) is 11.3 Å². The lowest BCUT2D eigenvalue weighted by Gasteiger charge is -2.25. The van der Waals surface area contributed by atoms with E-state index in [1.54, 1.807) is 17.0 Å². The lowest BCUT2D eigenvalue weighted by Crippen LogP contribution is -2.42. The number of morpholine rings is 1. The monoisotopic (exact) mass is 463 g/mol. The van der Waals surface area contributed by atoms with E-state index >= 15 is 0 Å². The topological polar surface area (TPSA) is 88.5 Å². The van der Waals surface area contributed by atoms with Crippen LogP contribution in [0.15, 0.2) is 34.1 Å². The molecule has 8 nitrogen and oxygen atoms in total. The average Bonchev–Trinajstić information content (AvgIpc) is 3.31. The predicted octanol–water partition coefficient (Wildman–Crippen LogP) is 2.31. The van der Waals surface area contributed by atoms with Crippen LogP contribution in [0.3, 0.4) is 0 Å². The van der Waals surface area contributed by atoms with Gasteiger partial charge in [0.1, 0.15) is 11.4 Å². The minimum absolute atomic E-state index is 0.267. The Balaban J connectivity index is 1.44. The van der Waals surface area contributed by atoms with Gasteiger partial charge in [-0.3, -0.25) is 20.4 Å². The smallest absolute Gasteiger partial charge is 0.289 e. The van der Waals surface area contributed by atoms with Crippen LogP contribution in [0.25, 0.3) is 10.9 Å². The van der Waals surface area contributed by atoms with E-state index in [0.717, 1.165) is 29.1 Å². The van der Waals surface area contributed by atoms with Crippen molar-refractivity contribution in [3.05, 3.63) is 45.5 Å². The molecule has 146 valence electrons. The normalized spacial score (nSPS) is 14.3. The minimum atomic E-state index is -0.459. The standard InChI is InChI=1S/C18H18BrN5O3S/c1-23-13-5-3-2-4-11(13)14(19)15(23)17(26)22-21-16(25)12-10-28-18(20-12)24-6-8-27-9-7-24/h2-5,10H,6-9H2,1H3,(H,21,25)(H,22,26). The number of aromatic nitrogens is 2. The van der Waals surface area contributed by atoms with Gasteiger partial charge < -0.3 is 14.2 Å². The minimum Gasteiger partial charge on any atom is -0.378 e. The first-order valence-corrected chi connectivity index (χ1v) is 10.4. The van der Waals surface area contributed by atoms with Crippen LogP contribution in [0.2, 0.25) is 0 Å². The number of nitrogens with one attached hydrogen (secondary N) is 2. The summed E-state index contributed by atoms with van der Waals surface area (Å²) in [5, 5.41) is 3.38. The first-order valence-electron chi connectivity index (χ1n) is 8.68. The van der Waals surface area contributed by atoms with Gasteiger partial charge in [0.25, 0.3) is 11.8 Å². The van der Waals surface area contributed by atoms with Crippen LogP contribution in [-0.2, 0) is 11.8 Å². The average molecular weight is 464 g/mol. The number of hydrogen-bond acceptors (Lipinski definition) is 6. The van der Waals surface area contributed by atoms with Gasteiger partial charge in [0, 0.05) is 36.4 Å². The molecule has 0 unspecified atom stereocenters. The molecule has 3 aromatic rings. The van der Waals surface area contributed by atoms with Crippen molar-refractivity contribution in [3.63, 3.8) is 0 Å². The van der Waals surface area contributed by atoms with Crippen LogP contribution in [0, 0.1) is 0 Å². The van der Waals surface area contributed by atoms with Crippen LogP contribution < -0.4 is 15.8 Å². The molecule has 0 aliphatic carbocycles. The number of hydrazine groups is 1. The number of carbonyl (C=O) groups excluding carboxylic acids is 2. The van der Waals surface area contributed by atoms with E-state index in [9.17, 15) is 9.59 Å². The van der Waals surface area contributed by atoms with Gasteiger partial charge in [-0.2, -0.15) is 0 Å². The fourth-order valence-electron chi connectivity index (χ4n) is 3.10. The number of anilines is 1. The summed E-state index contributed by atoms with van der Waals surface area (Å²) in [5.74, 6) is -0.874. The van der Waals surface area contributed by atoms with Crippen molar-refractivity contribution < 1.29 is 14.3 Å². The van der Waals surface area contributed by atoms with Crippen molar-refractivity contribution in [1.82, 2.24) is 20.4 Å². The molecular weight excluding hydrogens is 446 g/mol. The van der Waals surface area contributed by atoms with Crippen LogP contribution >= 0.6 is 27.3 Å². The fraction of sp³-hybridized carbons (Fsp3) is 0.278. The number of amides is 2. The highest BCUT2D eigenvalue weighted by Gasteiger charge is 2.21.